The maximum absolute atomic E-state index is 13.8. The average molecular weight is 293 g/mol. The molecule has 2 atom stereocenters. The Morgan fingerprint density at radius 3 is 2.81 bits per heavy atom. The second-order valence-corrected chi connectivity index (χ2v) is 4.97. The van der Waals surface area contributed by atoms with Gasteiger partial charge >= 0.3 is 5.97 Å². The molecule has 0 aliphatic carbocycles. The second-order valence-electron chi connectivity index (χ2n) is 4.97. The van der Waals surface area contributed by atoms with Crippen molar-refractivity contribution in [3.63, 3.8) is 0 Å². The van der Waals surface area contributed by atoms with Gasteiger partial charge in [-0.05, 0) is 37.6 Å². The predicted octanol–water partition coefficient (Wildman–Crippen LogP) is 2.29. The van der Waals surface area contributed by atoms with Gasteiger partial charge in [-0.3, -0.25) is 4.79 Å². The Hall–Kier alpha value is -2.21. The zero-order valence-corrected chi connectivity index (χ0v) is 11.5. The summed E-state index contributed by atoms with van der Waals surface area (Å²) in [6.07, 6.45) is 2.72. The molecule has 5 nitrogen and oxygen atoms in total. The second kappa shape index (κ2) is 6.49. The molecule has 112 valence electrons. The molecule has 1 heterocycles. The standard InChI is InChI=1S/C15H16FNO4/c1-9-6-11(8-21-9)15(20)17-12-4-2-10(13(16)7-12)3-5-14(18)19/h2-5,7,9,11H,6,8H2,1H3,(H,17,20)(H,18,19)/b5-3+. The summed E-state index contributed by atoms with van der Waals surface area (Å²) in [5, 5.41) is 11.1. The number of hydrogen-bond donors (Lipinski definition) is 2. The molecule has 2 unspecified atom stereocenters. The molecule has 0 aromatic heterocycles. The molecule has 21 heavy (non-hydrogen) atoms. The summed E-state index contributed by atoms with van der Waals surface area (Å²) >= 11 is 0. The third-order valence-corrected chi connectivity index (χ3v) is 3.24. The Kier molecular flexibility index (Phi) is 4.70. The van der Waals surface area contributed by atoms with Gasteiger partial charge in [0.25, 0.3) is 0 Å². The molecule has 0 radical (unpaired) electrons. The number of anilines is 1. The number of nitrogens with one attached hydrogen (secondary N) is 1. The van der Waals surface area contributed by atoms with Crippen molar-refractivity contribution in [2.75, 3.05) is 11.9 Å². The van der Waals surface area contributed by atoms with E-state index >= 15 is 0 Å². The lowest BCUT2D eigenvalue weighted by Crippen LogP contribution is -2.23. The van der Waals surface area contributed by atoms with Crippen LogP contribution in [0.3, 0.4) is 0 Å². The van der Waals surface area contributed by atoms with E-state index in [2.05, 4.69) is 5.32 Å². The topological polar surface area (TPSA) is 75.6 Å². The van der Waals surface area contributed by atoms with Crippen LogP contribution in [0.2, 0.25) is 0 Å². The van der Waals surface area contributed by atoms with Crippen molar-refractivity contribution in [1.29, 1.82) is 0 Å². The van der Waals surface area contributed by atoms with E-state index in [1.165, 1.54) is 18.2 Å². The number of hydrogen-bond acceptors (Lipinski definition) is 3. The van der Waals surface area contributed by atoms with Crippen LogP contribution in [0, 0.1) is 11.7 Å². The van der Waals surface area contributed by atoms with Gasteiger partial charge in [0, 0.05) is 17.3 Å². The van der Waals surface area contributed by atoms with E-state index in [-0.39, 0.29) is 23.5 Å². The van der Waals surface area contributed by atoms with Crippen LogP contribution in [0.15, 0.2) is 24.3 Å². The van der Waals surface area contributed by atoms with Crippen LogP contribution in [-0.2, 0) is 14.3 Å². The molecule has 6 heteroatoms. The summed E-state index contributed by atoms with van der Waals surface area (Å²) in [4.78, 5) is 22.4. The number of halogens is 1. The first-order valence-corrected chi connectivity index (χ1v) is 6.58. The monoisotopic (exact) mass is 293 g/mol. The molecule has 1 fully saturated rings. The molecule has 2 rings (SSSR count). The van der Waals surface area contributed by atoms with Gasteiger partial charge in [-0.2, -0.15) is 0 Å². The normalized spacial score (nSPS) is 21.6. The number of carboxylic acid groups (broad SMARTS) is 1. The van der Waals surface area contributed by atoms with E-state index < -0.39 is 11.8 Å². The van der Waals surface area contributed by atoms with Crippen LogP contribution >= 0.6 is 0 Å². The molecule has 1 aliphatic rings. The Bertz CT molecular complexity index is 585. The van der Waals surface area contributed by atoms with E-state index in [1.807, 2.05) is 6.92 Å². The largest absolute Gasteiger partial charge is 0.478 e. The number of rotatable bonds is 4. The zero-order valence-electron chi connectivity index (χ0n) is 11.5. The predicted molar refractivity (Wildman–Crippen MR) is 75.2 cm³/mol. The molecular formula is C15H16FNO4. The summed E-state index contributed by atoms with van der Waals surface area (Å²) in [6, 6.07) is 4.11. The highest BCUT2D eigenvalue weighted by Gasteiger charge is 2.28. The van der Waals surface area contributed by atoms with Crippen LogP contribution < -0.4 is 5.32 Å². The summed E-state index contributed by atoms with van der Waals surface area (Å²) in [6.45, 7) is 2.27. The minimum Gasteiger partial charge on any atom is -0.478 e. The Labute approximate surface area is 121 Å². The van der Waals surface area contributed by atoms with Crippen molar-refractivity contribution >= 4 is 23.6 Å². The SMILES string of the molecule is CC1CC(C(=O)Nc2ccc(/C=C/C(=O)O)c(F)c2)CO1. The minimum atomic E-state index is -1.15. The zero-order chi connectivity index (χ0) is 15.4. The highest BCUT2D eigenvalue weighted by molar-refractivity contribution is 5.93. The maximum atomic E-state index is 13.8. The van der Waals surface area contributed by atoms with Crippen LogP contribution in [0.5, 0.6) is 0 Å². The van der Waals surface area contributed by atoms with Crippen molar-refractivity contribution in [3.05, 3.63) is 35.7 Å². The van der Waals surface area contributed by atoms with Crippen molar-refractivity contribution in [1.82, 2.24) is 0 Å². The third-order valence-electron chi connectivity index (χ3n) is 3.24. The highest BCUT2D eigenvalue weighted by Crippen LogP contribution is 2.22. The van der Waals surface area contributed by atoms with Crippen LogP contribution in [0.1, 0.15) is 18.9 Å². The maximum Gasteiger partial charge on any atom is 0.328 e. The summed E-state index contributed by atoms with van der Waals surface area (Å²) in [7, 11) is 0. The number of carbonyl (C=O) groups excluding carboxylic acids is 1. The molecule has 0 spiro atoms. The van der Waals surface area contributed by atoms with Crippen LogP contribution in [0.25, 0.3) is 6.08 Å². The smallest absolute Gasteiger partial charge is 0.328 e. The molecule has 1 aliphatic heterocycles. The minimum absolute atomic E-state index is 0.0565. The van der Waals surface area contributed by atoms with Crippen molar-refractivity contribution in [3.8, 4) is 0 Å². The molecule has 1 aromatic rings. The van der Waals surface area contributed by atoms with E-state index in [1.54, 1.807) is 0 Å². The van der Waals surface area contributed by atoms with Gasteiger partial charge in [-0.25, -0.2) is 9.18 Å². The molecule has 1 aromatic carbocycles. The van der Waals surface area contributed by atoms with Gasteiger partial charge in [-0.15, -0.1) is 0 Å². The third kappa shape index (κ3) is 4.13. The molecular weight excluding hydrogens is 277 g/mol. The average Bonchev–Trinajstić information content (AvgIpc) is 2.84. The number of carbonyl (C=O) groups is 2. The Balaban J connectivity index is 2.03. The summed E-state index contributed by atoms with van der Waals surface area (Å²) in [5.41, 5.74) is 0.484. The number of carboxylic acids is 1. The van der Waals surface area contributed by atoms with Crippen molar-refractivity contribution < 1.29 is 23.8 Å². The number of ether oxygens (including phenoxy) is 1. The first-order chi connectivity index (χ1) is 9.95. The highest BCUT2D eigenvalue weighted by atomic mass is 19.1. The lowest BCUT2D eigenvalue weighted by atomic mass is 10.1. The molecule has 1 saturated heterocycles. The number of amides is 1. The summed E-state index contributed by atoms with van der Waals surface area (Å²) in [5.74, 6) is -2.18. The van der Waals surface area contributed by atoms with Gasteiger partial charge in [0.1, 0.15) is 5.82 Å². The lowest BCUT2D eigenvalue weighted by Gasteiger charge is -2.10. The fourth-order valence-corrected chi connectivity index (χ4v) is 2.15. The van der Waals surface area contributed by atoms with Crippen molar-refractivity contribution in [2.45, 2.75) is 19.4 Å². The molecule has 0 saturated carbocycles. The molecule has 2 N–H and O–H groups in total. The quantitative estimate of drug-likeness (QED) is 0.835. The lowest BCUT2D eigenvalue weighted by molar-refractivity contribution is -0.131. The Morgan fingerprint density at radius 2 is 2.24 bits per heavy atom. The van der Waals surface area contributed by atoms with E-state index in [0.717, 1.165) is 12.2 Å². The van der Waals surface area contributed by atoms with Gasteiger partial charge in [0.15, 0.2) is 0 Å². The summed E-state index contributed by atoms with van der Waals surface area (Å²) < 4.78 is 19.1. The van der Waals surface area contributed by atoms with E-state index in [0.29, 0.717) is 18.7 Å². The van der Waals surface area contributed by atoms with E-state index in [4.69, 9.17) is 9.84 Å². The van der Waals surface area contributed by atoms with Gasteiger partial charge < -0.3 is 15.2 Å². The fourth-order valence-electron chi connectivity index (χ4n) is 2.15. The first kappa shape index (κ1) is 15.2. The Morgan fingerprint density at radius 1 is 1.48 bits per heavy atom. The van der Waals surface area contributed by atoms with Gasteiger partial charge in [-0.1, -0.05) is 0 Å². The molecule has 0 bridgehead atoms. The van der Waals surface area contributed by atoms with Crippen LogP contribution in [-0.4, -0.2) is 29.7 Å². The van der Waals surface area contributed by atoms with Gasteiger partial charge in [0.05, 0.1) is 18.6 Å². The van der Waals surface area contributed by atoms with Crippen molar-refractivity contribution in [2.24, 2.45) is 5.92 Å². The fraction of sp³-hybridized carbons (Fsp3) is 0.333. The first-order valence-electron chi connectivity index (χ1n) is 6.58. The number of aliphatic carboxylic acids is 1. The number of benzene rings is 1. The van der Waals surface area contributed by atoms with Gasteiger partial charge in [0.2, 0.25) is 5.91 Å². The molecule has 1 amide bonds. The van der Waals surface area contributed by atoms with E-state index in [9.17, 15) is 14.0 Å². The van der Waals surface area contributed by atoms with Crippen LogP contribution in [0.4, 0.5) is 10.1 Å².